The number of hydrogen-bond acceptors (Lipinski definition) is 4. The maximum Gasteiger partial charge on any atom is 0.226 e. The normalized spacial score (nSPS) is 10.7. The van der Waals surface area contributed by atoms with Gasteiger partial charge in [-0.1, -0.05) is 12.1 Å². The molecule has 0 atom stereocenters. The Balaban J connectivity index is 1.66. The molecule has 6 nitrogen and oxygen atoms in total. The summed E-state index contributed by atoms with van der Waals surface area (Å²) >= 11 is 0. The number of carbonyl (C=O) groups excluding carboxylic acids is 1. The van der Waals surface area contributed by atoms with Crippen LogP contribution in [0, 0.1) is 6.92 Å². The van der Waals surface area contributed by atoms with Crippen LogP contribution in [0.2, 0.25) is 0 Å². The summed E-state index contributed by atoms with van der Waals surface area (Å²) in [7, 11) is 3.14. The van der Waals surface area contributed by atoms with Crippen molar-refractivity contribution in [3.8, 4) is 11.5 Å². The van der Waals surface area contributed by atoms with Crippen molar-refractivity contribution < 1.29 is 14.3 Å². The second-order valence-electron chi connectivity index (χ2n) is 5.74. The Morgan fingerprint density at radius 2 is 1.96 bits per heavy atom. The first-order valence-corrected chi connectivity index (χ1v) is 8.05. The average Bonchev–Trinajstić information content (AvgIpc) is 3.04. The zero-order valence-corrected chi connectivity index (χ0v) is 14.6. The molecule has 1 N–H and O–H groups in total. The first-order chi connectivity index (χ1) is 12.1. The molecule has 25 heavy (non-hydrogen) atoms. The number of aryl methyl sites for hydroxylation is 2. The van der Waals surface area contributed by atoms with Crippen molar-refractivity contribution in [2.24, 2.45) is 0 Å². The first kappa shape index (κ1) is 16.8. The standard InChI is InChI=1S/C19H21N3O3/c1-13-5-4-6-16-15(13)12-20-22(16)10-9-19(23)21-14-7-8-17(24-2)18(11-14)25-3/h4-8,11-12H,9-10H2,1-3H3,(H,21,23). The van der Waals surface area contributed by atoms with Gasteiger partial charge in [-0.2, -0.15) is 5.10 Å². The van der Waals surface area contributed by atoms with Crippen LogP contribution in [0.1, 0.15) is 12.0 Å². The molecule has 6 heteroatoms. The molecule has 0 saturated heterocycles. The molecule has 130 valence electrons. The number of nitrogens with one attached hydrogen (secondary N) is 1. The number of methoxy groups -OCH3 is 2. The van der Waals surface area contributed by atoms with E-state index in [0.717, 1.165) is 10.9 Å². The molecule has 0 bridgehead atoms. The zero-order chi connectivity index (χ0) is 17.8. The number of fused-ring (bicyclic) bond motifs is 1. The van der Waals surface area contributed by atoms with Crippen LogP contribution >= 0.6 is 0 Å². The van der Waals surface area contributed by atoms with Gasteiger partial charge in [0, 0.05) is 23.6 Å². The SMILES string of the molecule is COc1ccc(NC(=O)CCn2ncc3c(C)cccc32)cc1OC. The maximum atomic E-state index is 12.2. The van der Waals surface area contributed by atoms with Crippen molar-refractivity contribution in [1.29, 1.82) is 0 Å². The molecule has 2 aromatic carbocycles. The number of aromatic nitrogens is 2. The highest BCUT2D eigenvalue weighted by Gasteiger charge is 2.09. The molecule has 3 aromatic rings. The van der Waals surface area contributed by atoms with Gasteiger partial charge in [0.2, 0.25) is 5.91 Å². The third-order valence-corrected chi connectivity index (χ3v) is 4.12. The number of rotatable bonds is 6. The third kappa shape index (κ3) is 3.57. The van der Waals surface area contributed by atoms with E-state index in [-0.39, 0.29) is 5.91 Å². The predicted octanol–water partition coefficient (Wildman–Crippen LogP) is 3.39. The first-order valence-electron chi connectivity index (χ1n) is 8.05. The molecular formula is C19H21N3O3. The average molecular weight is 339 g/mol. The van der Waals surface area contributed by atoms with E-state index in [4.69, 9.17) is 9.47 Å². The van der Waals surface area contributed by atoms with Gasteiger partial charge >= 0.3 is 0 Å². The van der Waals surface area contributed by atoms with E-state index >= 15 is 0 Å². The van der Waals surface area contributed by atoms with Gasteiger partial charge in [0.25, 0.3) is 0 Å². The lowest BCUT2D eigenvalue weighted by molar-refractivity contribution is -0.116. The lowest BCUT2D eigenvalue weighted by Crippen LogP contribution is -2.15. The smallest absolute Gasteiger partial charge is 0.226 e. The lowest BCUT2D eigenvalue weighted by Gasteiger charge is -2.11. The van der Waals surface area contributed by atoms with Crippen molar-refractivity contribution in [3.63, 3.8) is 0 Å². The summed E-state index contributed by atoms with van der Waals surface area (Å²) in [6.45, 7) is 2.57. The monoisotopic (exact) mass is 339 g/mol. The number of hydrogen-bond donors (Lipinski definition) is 1. The Morgan fingerprint density at radius 3 is 2.72 bits per heavy atom. The Bertz CT molecular complexity index is 902. The summed E-state index contributed by atoms with van der Waals surface area (Å²) in [5.41, 5.74) is 2.89. The fourth-order valence-corrected chi connectivity index (χ4v) is 2.77. The molecular weight excluding hydrogens is 318 g/mol. The van der Waals surface area contributed by atoms with Crippen molar-refractivity contribution >= 4 is 22.5 Å². The van der Waals surface area contributed by atoms with Gasteiger partial charge in [-0.15, -0.1) is 0 Å². The Kier molecular flexibility index (Phi) is 4.88. The number of nitrogens with zero attached hydrogens (tertiary/aromatic N) is 2. The molecule has 0 aliphatic carbocycles. The predicted molar refractivity (Wildman–Crippen MR) is 97.3 cm³/mol. The third-order valence-electron chi connectivity index (χ3n) is 4.12. The summed E-state index contributed by atoms with van der Waals surface area (Å²) in [4.78, 5) is 12.2. The highest BCUT2D eigenvalue weighted by Crippen LogP contribution is 2.29. The Hall–Kier alpha value is -3.02. The molecule has 0 aliphatic heterocycles. The second-order valence-corrected chi connectivity index (χ2v) is 5.74. The van der Waals surface area contributed by atoms with E-state index < -0.39 is 0 Å². The van der Waals surface area contributed by atoms with Gasteiger partial charge in [0.15, 0.2) is 11.5 Å². The molecule has 3 rings (SSSR count). The van der Waals surface area contributed by atoms with Gasteiger partial charge in [0.1, 0.15) is 0 Å². The largest absolute Gasteiger partial charge is 0.493 e. The van der Waals surface area contributed by atoms with Crippen LogP contribution in [-0.2, 0) is 11.3 Å². The molecule has 1 amide bonds. The van der Waals surface area contributed by atoms with E-state index in [1.54, 1.807) is 32.4 Å². The van der Waals surface area contributed by atoms with Crippen molar-refractivity contribution in [1.82, 2.24) is 9.78 Å². The number of carbonyl (C=O) groups is 1. The zero-order valence-electron chi connectivity index (χ0n) is 14.6. The number of amides is 1. The summed E-state index contributed by atoms with van der Waals surface area (Å²) in [5.74, 6) is 1.12. The van der Waals surface area contributed by atoms with Crippen LogP contribution in [0.5, 0.6) is 11.5 Å². The topological polar surface area (TPSA) is 65.4 Å². The van der Waals surface area contributed by atoms with Crippen LogP contribution < -0.4 is 14.8 Å². The quantitative estimate of drug-likeness (QED) is 0.747. The minimum absolute atomic E-state index is 0.0801. The molecule has 0 aliphatic rings. The van der Waals surface area contributed by atoms with Crippen LogP contribution in [-0.4, -0.2) is 29.9 Å². The van der Waals surface area contributed by atoms with Crippen molar-refractivity contribution in [3.05, 3.63) is 48.2 Å². The highest BCUT2D eigenvalue weighted by atomic mass is 16.5. The number of anilines is 1. The van der Waals surface area contributed by atoms with Crippen LogP contribution in [0.25, 0.3) is 10.9 Å². The minimum Gasteiger partial charge on any atom is -0.493 e. The number of ether oxygens (including phenoxy) is 2. The van der Waals surface area contributed by atoms with Gasteiger partial charge in [0.05, 0.1) is 32.5 Å². The fourth-order valence-electron chi connectivity index (χ4n) is 2.77. The minimum atomic E-state index is -0.0801. The second kappa shape index (κ2) is 7.25. The van der Waals surface area contributed by atoms with Gasteiger partial charge in [-0.05, 0) is 30.7 Å². The van der Waals surface area contributed by atoms with E-state index in [2.05, 4.69) is 23.4 Å². The van der Waals surface area contributed by atoms with Crippen molar-refractivity contribution in [2.75, 3.05) is 19.5 Å². The van der Waals surface area contributed by atoms with E-state index in [1.165, 1.54) is 5.56 Å². The number of benzene rings is 2. The summed E-state index contributed by atoms with van der Waals surface area (Å²) in [6, 6.07) is 11.4. The van der Waals surface area contributed by atoms with Crippen LogP contribution in [0.15, 0.2) is 42.6 Å². The fraction of sp³-hybridized carbons (Fsp3) is 0.263. The molecule has 0 fully saturated rings. The molecule has 0 unspecified atom stereocenters. The van der Waals surface area contributed by atoms with Crippen LogP contribution in [0.3, 0.4) is 0 Å². The Labute approximate surface area is 146 Å². The Morgan fingerprint density at radius 1 is 1.16 bits per heavy atom. The van der Waals surface area contributed by atoms with E-state index in [9.17, 15) is 4.79 Å². The van der Waals surface area contributed by atoms with Gasteiger partial charge in [-0.25, -0.2) is 0 Å². The molecule has 1 aromatic heterocycles. The van der Waals surface area contributed by atoms with Crippen LogP contribution in [0.4, 0.5) is 5.69 Å². The van der Waals surface area contributed by atoms with E-state index in [0.29, 0.717) is 30.2 Å². The molecule has 0 radical (unpaired) electrons. The van der Waals surface area contributed by atoms with E-state index in [1.807, 2.05) is 23.0 Å². The van der Waals surface area contributed by atoms with Gasteiger partial charge in [-0.3, -0.25) is 9.48 Å². The van der Waals surface area contributed by atoms with Crippen molar-refractivity contribution in [2.45, 2.75) is 19.9 Å². The van der Waals surface area contributed by atoms with Gasteiger partial charge < -0.3 is 14.8 Å². The summed E-state index contributed by atoms with van der Waals surface area (Å²) in [6.07, 6.45) is 2.18. The summed E-state index contributed by atoms with van der Waals surface area (Å²) in [5, 5.41) is 8.37. The highest BCUT2D eigenvalue weighted by molar-refractivity contribution is 5.91. The maximum absolute atomic E-state index is 12.2. The lowest BCUT2D eigenvalue weighted by atomic mass is 10.1. The summed E-state index contributed by atoms with van der Waals surface area (Å²) < 4.78 is 12.3. The molecule has 0 spiro atoms. The molecule has 1 heterocycles. The molecule has 0 saturated carbocycles.